The van der Waals surface area contributed by atoms with E-state index in [0.717, 1.165) is 43.5 Å². The van der Waals surface area contributed by atoms with Crippen molar-refractivity contribution in [3.8, 4) is 0 Å². The molecule has 0 radical (unpaired) electrons. The summed E-state index contributed by atoms with van der Waals surface area (Å²) in [6.45, 7) is 1.96. The van der Waals surface area contributed by atoms with Crippen LogP contribution in [0.15, 0.2) is 42.5 Å². The molecule has 6 heteroatoms. The number of halogens is 1. The largest absolute Gasteiger partial charge is 0.363 e. The molecule has 1 N–H and O–H groups in total. The van der Waals surface area contributed by atoms with Crippen molar-refractivity contribution in [2.24, 2.45) is 0 Å². The van der Waals surface area contributed by atoms with E-state index in [9.17, 15) is 9.59 Å². The van der Waals surface area contributed by atoms with E-state index in [-0.39, 0.29) is 11.8 Å². The Morgan fingerprint density at radius 3 is 2.70 bits per heavy atom. The maximum absolute atomic E-state index is 12.9. The van der Waals surface area contributed by atoms with Crippen molar-refractivity contribution in [2.75, 3.05) is 25.0 Å². The van der Waals surface area contributed by atoms with Crippen LogP contribution in [-0.2, 0) is 16.0 Å². The molecule has 0 saturated carbocycles. The number of carbonyl (C=O) groups is 2. The summed E-state index contributed by atoms with van der Waals surface area (Å²) in [6, 6.07) is 12.8. The fraction of sp³-hybridized carbons (Fsp3) is 0.333. The molecule has 2 aliphatic heterocycles. The second kappa shape index (κ2) is 7.71. The van der Waals surface area contributed by atoms with Gasteiger partial charge in [-0.05, 0) is 48.6 Å². The number of hydrogen-bond acceptors (Lipinski definition) is 3. The molecule has 140 valence electrons. The zero-order valence-corrected chi connectivity index (χ0v) is 15.7. The summed E-state index contributed by atoms with van der Waals surface area (Å²) >= 11 is 6.11. The summed E-state index contributed by atoms with van der Waals surface area (Å²) in [5.74, 6) is -0.379. The minimum absolute atomic E-state index is 0.102. The molecular formula is C21H21ClN2O3. The number of carbonyl (C=O) groups excluding carboxylic acids is 2. The van der Waals surface area contributed by atoms with Gasteiger partial charge in [0.15, 0.2) is 6.10 Å². The third-order valence-corrected chi connectivity index (χ3v) is 5.33. The van der Waals surface area contributed by atoms with Gasteiger partial charge in [0.05, 0.1) is 17.9 Å². The molecule has 27 heavy (non-hydrogen) atoms. The smallest absolute Gasteiger partial charge is 0.258 e. The van der Waals surface area contributed by atoms with E-state index in [2.05, 4.69) is 5.32 Å². The molecule has 1 unspecified atom stereocenters. The molecule has 5 nitrogen and oxygen atoms in total. The molecule has 1 fully saturated rings. The van der Waals surface area contributed by atoms with Crippen LogP contribution >= 0.6 is 11.6 Å². The molecule has 4 rings (SSSR count). The van der Waals surface area contributed by atoms with Crippen LogP contribution in [0, 0.1) is 0 Å². The lowest BCUT2D eigenvalue weighted by Gasteiger charge is -2.26. The highest BCUT2D eigenvalue weighted by molar-refractivity contribution is 6.31. The summed E-state index contributed by atoms with van der Waals surface area (Å²) in [5, 5.41) is 3.35. The summed E-state index contributed by atoms with van der Waals surface area (Å²) in [5.41, 5.74) is 2.88. The molecule has 0 bridgehead atoms. The Morgan fingerprint density at radius 2 is 1.89 bits per heavy atom. The summed E-state index contributed by atoms with van der Waals surface area (Å²) in [6.07, 6.45) is 2.11. The Balaban J connectivity index is 1.60. The fourth-order valence-electron chi connectivity index (χ4n) is 3.70. The lowest BCUT2D eigenvalue weighted by Crippen LogP contribution is -2.31. The number of likely N-dealkylation sites (tertiary alicyclic amines) is 1. The minimum atomic E-state index is -0.680. The van der Waals surface area contributed by atoms with E-state index in [1.165, 1.54) is 0 Å². The molecular weight excluding hydrogens is 364 g/mol. The number of nitrogens with zero attached hydrogens (tertiary/aromatic N) is 1. The second-order valence-electron chi connectivity index (χ2n) is 6.88. The quantitative estimate of drug-likeness (QED) is 0.874. The number of benzene rings is 2. The van der Waals surface area contributed by atoms with Crippen LogP contribution in [0.5, 0.6) is 0 Å². The van der Waals surface area contributed by atoms with E-state index in [1.807, 2.05) is 24.3 Å². The highest BCUT2D eigenvalue weighted by atomic mass is 35.5. The molecule has 0 aromatic heterocycles. The molecule has 0 spiro atoms. The van der Waals surface area contributed by atoms with Gasteiger partial charge in [0.2, 0.25) is 0 Å². The van der Waals surface area contributed by atoms with Crippen LogP contribution in [0.3, 0.4) is 0 Å². The van der Waals surface area contributed by atoms with Gasteiger partial charge in [-0.15, -0.1) is 0 Å². The first-order valence-corrected chi connectivity index (χ1v) is 9.60. The molecule has 2 aromatic carbocycles. The summed E-state index contributed by atoms with van der Waals surface area (Å²) in [7, 11) is 0. The lowest BCUT2D eigenvalue weighted by atomic mass is 9.97. The SMILES string of the molecule is O=C(Nc1ccc(Cl)cc1C(=O)N1CCCC1)C1OCCc2ccccc21. The Morgan fingerprint density at radius 1 is 1.11 bits per heavy atom. The second-order valence-corrected chi connectivity index (χ2v) is 7.31. The third kappa shape index (κ3) is 3.70. The van der Waals surface area contributed by atoms with Gasteiger partial charge < -0.3 is 15.0 Å². The van der Waals surface area contributed by atoms with Crippen molar-refractivity contribution in [2.45, 2.75) is 25.4 Å². The predicted octanol–water partition coefficient (Wildman–Crippen LogP) is 3.83. The fourth-order valence-corrected chi connectivity index (χ4v) is 3.87. The van der Waals surface area contributed by atoms with Crippen molar-refractivity contribution >= 4 is 29.1 Å². The number of anilines is 1. The molecule has 2 aromatic rings. The Bertz CT molecular complexity index is 877. The van der Waals surface area contributed by atoms with Gasteiger partial charge in [0.25, 0.3) is 11.8 Å². The van der Waals surface area contributed by atoms with Crippen LogP contribution in [0.2, 0.25) is 5.02 Å². The Hall–Kier alpha value is -2.37. The standard InChI is InChI=1S/C21H21ClN2O3/c22-15-7-8-18(17(13-15)21(26)24-10-3-4-11-24)23-20(25)19-16-6-2-1-5-14(16)9-12-27-19/h1-2,5-8,13,19H,3-4,9-12H2,(H,23,25). The maximum Gasteiger partial charge on any atom is 0.258 e. The monoisotopic (exact) mass is 384 g/mol. The van der Waals surface area contributed by atoms with Crippen molar-refractivity contribution in [1.29, 1.82) is 0 Å². The van der Waals surface area contributed by atoms with Crippen LogP contribution in [0.1, 0.15) is 40.4 Å². The van der Waals surface area contributed by atoms with Gasteiger partial charge in [-0.3, -0.25) is 9.59 Å². The van der Waals surface area contributed by atoms with Gasteiger partial charge in [0.1, 0.15) is 0 Å². The molecule has 2 heterocycles. The van der Waals surface area contributed by atoms with Crippen LogP contribution < -0.4 is 5.32 Å². The third-order valence-electron chi connectivity index (χ3n) is 5.09. The lowest BCUT2D eigenvalue weighted by molar-refractivity contribution is -0.128. The zero-order chi connectivity index (χ0) is 18.8. The first-order valence-electron chi connectivity index (χ1n) is 9.22. The summed E-state index contributed by atoms with van der Waals surface area (Å²) in [4.78, 5) is 27.6. The first kappa shape index (κ1) is 18.0. The highest BCUT2D eigenvalue weighted by Gasteiger charge is 2.29. The van der Waals surface area contributed by atoms with E-state index < -0.39 is 6.10 Å². The van der Waals surface area contributed by atoms with E-state index in [0.29, 0.717) is 22.9 Å². The summed E-state index contributed by atoms with van der Waals surface area (Å²) < 4.78 is 5.73. The number of hydrogen-bond donors (Lipinski definition) is 1. The average molecular weight is 385 g/mol. The van der Waals surface area contributed by atoms with Gasteiger partial charge >= 0.3 is 0 Å². The van der Waals surface area contributed by atoms with E-state index in [1.54, 1.807) is 23.1 Å². The van der Waals surface area contributed by atoms with Crippen LogP contribution in [0.4, 0.5) is 5.69 Å². The number of rotatable bonds is 3. The van der Waals surface area contributed by atoms with Crippen molar-refractivity contribution in [1.82, 2.24) is 4.90 Å². The van der Waals surface area contributed by atoms with Crippen LogP contribution in [-0.4, -0.2) is 36.4 Å². The zero-order valence-electron chi connectivity index (χ0n) is 14.9. The normalized spacial score (nSPS) is 18.9. The van der Waals surface area contributed by atoms with E-state index in [4.69, 9.17) is 16.3 Å². The van der Waals surface area contributed by atoms with E-state index >= 15 is 0 Å². The maximum atomic E-state index is 12.9. The topological polar surface area (TPSA) is 58.6 Å². The minimum Gasteiger partial charge on any atom is -0.363 e. The first-order chi connectivity index (χ1) is 13.1. The molecule has 1 saturated heterocycles. The molecule has 0 aliphatic carbocycles. The molecule has 1 atom stereocenters. The Kier molecular flexibility index (Phi) is 5.14. The van der Waals surface area contributed by atoms with Gasteiger partial charge in [-0.25, -0.2) is 0 Å². The number of nitrogens with one attached hydrogen (secondary N) is 1. The van der Waals surface area contributed by atoms with Gasteiger partial charge in [-0.1, -0.05) is 35.9 Å². The van der Waals surface area contributed by atoms with Crippen LogP contribution in [0.25, 0.3) is 0 Å². The number of ether oxygens (including phenoxy) is 1. The Labute approximate surface area is 163 Å². The molecule has 2 amide bonds. The van der Waals surface area contributed by atoms with Gasteiger partial charge in [-0.2, -0.15) is 0 Å². The molecule has 2 aliphatic rings. The number of fused-ring (bicyclic) bond motifs is 1. The van der Waals surface area contributed by atoms with Gasteiger partial charge in [0, 0.05) is 18.1 Å². The van der Waals surface area contributed by atoms with Crippen molar-refractivity contribution < 1.29 is 14.3 Å². The average Bonchev–Trinajstić information content (AvgIpc) is 3.23. The highest BCUT2D eigenvalue weighted by Crippen LogP contribution is 2.30. The van der Waals surface area contributed by atoms with Crippen molar-refractivity contribution in [3.05, 3.63) is 64.2 Å². The predicted molar refractivity (Wildman–Crippen MR) is 104 cm³/mol. The van der Waals surface area contributed by atoms with Crippen molar-refractivity contribution in [3.63, 3.8) is 0 Å². The number of amides is 2.